The minimum Gasteiger partial charge on any atom is -0.467 e. The second-order valence-corrected chi connectivity index (χ2v) is 5.37. The largest absolute Gasteiger partial charge is 0.467 e. The molecule has 0 aliphatic rings. The molecule has 6 nitrogen and oxygen atoms in total. The smallest absolute Gasteiger partial charge is 0.309 e. The molecule has 1 aromatic heterocycles. The zero-order chi connectivity index (χ0) is 16.2. The molecule has 0 aliphatic heterocycles. The summed E-state index contributed by atoms with van der Waals surface area (Å²) in [7, 11) is 0. The summed E-state index contributed by atoms with van der Waals surface area (Å²) in [5, 5.41) is 5.18. The highest BCUT2D eigenvalue weighted by atomic mass is 16.3. The van der Waals surface area contributed by atoms with Crippen molar-refractivity contribution in [3.63, 3.8) is 0 Å². The zero-order valence-corrected chi connectivity index (χ0v) is 13.6. The topological polar surface area (TPSA) is 75.8 Å². The number of quaternary nitrogens is 1. The number of carbonyl (C=O) groups is 2. The Labute approximate surface area is 132 Å². The summed E-state index contributed by atoms with van der Waals surface area (Å²) in [6.07, 6.45) is 4.74. The summed E-state index contributed by atoms with van der Waals surface area (Å²) in [5.74, 6) is -0.582. The van der Waals surface area contributed by atoms with E-state index in [1.807, 2.05) is 0 Å². The van der Waals surface area contributed by atoms with E-state index in [0.29, 0.717) is 12.3 Å². The van der Waals surface area contributed by atoms with Gasteiger partial charge in [-0.2, -0.15) is 0 Å². The number of hydrogen-bond acceptors (Lipinski definition) is 3. The first-order chi connectivity index (χ1) is 10.7. The maximum absolute atomic E-state index is 11.6. The first-order valence-electron chi connectivity index (χ1n) is 8.09. The van der Waals surface area contributed by atoms with Crippen LogP contribution in [-0.2, 0) is 16.1 Å². The van der Waals surface area contributed by atoms with E-state index in [1.54, 1.807) is 17.0 Å². The maximum Gasteiger partial charge on any atom is 0.309 e. The third-order valence-corrected chi connectivity index (χ3v) is 3.41. The highest BCUT2D eigenvalue weighted by molar-refractivity contribution is 6.35. The second-order valence-electron chi connectivity index (χ2n) is 5.37. The average molecular weight is 310 g/mol. The molecule has 0 spiro atoms. The van der Waals surface area contributed by atoms with Gasteiger partial charge < -0.3 is 20.0 Å². The van der Waals surface area contributed by atoms with Crippen molar-refractivity contribution in [3.8, 4) is 0 Å². The highest BCUT2D eigenvalue weighted by Crippen LogP contribution is 1.97. The molecule has 22 heavy (non-hydrogen) atoms. The van der Waals surface area contributed by atoms with Crippen LogP contribution in [0, 0.1) is 0 Å². The number of carbonyl (C=O) groups excluding carboxylic acids is 2. The molecule has 1 heterocycles. The molecule has 0 saturated carbocycles. The molecule has 2 amide bonds. The lowest BCUT2D eigenvalue weighted by Gasteiger charge is -2.18. The van der Waals surface area contributed by atoms with Crippen molar-refractivity contribution in [2.45, 2.75) is 39.7 Å². The Kier molecular flexibility index (Phi) is 8.98. The summed E-state index contributed by atoms with van der Waals surface area (Å²) in [4.78, 5) is 24.8. The first kappa shape index (κ1) is 18.2. The van der Waals surface area contributed by atoms with Crippen LogP contribution >= 0.6 is 0 Å². The van der Waals surface area contributed by atoms with Crippen LogP contribution in [0.3, 0.4) is 0 Å². The third-order valence-electron chi connectivity index (χ3n) is 3.41. The van der Waals surface area contributed by atoms with Gasteiger partial charge in [-0.3, -0.25) is 9.59 Å². The molecule has 0 bridgehead atoms. The zero-order valence-electron chi connectivity index (χ0n) is 13.6. The predicted molar refractivity (Wildman–Crippen MR) is 84.3 cm³/mol. The monoisotopic (exact) mass is 310 g/mol. The number of hydrogen-bond donors (Lipinski definition) is 3. The standard InChI is InChI=1S/C16H27N3O3/c1-3-9-19(10-4-2)11-6-8-17-15(20)16(21)18-13-14-7-5-12-22-14/h5,7,12H,3-4,6,8-11,13H2,1-2H3,(H,17,20)(H,18,21)/p+1. The summed E-state index contributed by atoms with van der Waals surface area (Å²) < 4.78 is 5.09. The Bertz CT molecular complexity index is 426. The molecule has 0 radical (unpaired) electrons. The van der Waals surface area contributed by atoms with Crippen LogP contribution in [0.2, 0.25) is 0 Å². The van der Waals surface area contributed by atoms with Gasteiger partial charge in [-0.25, -0.2) is 0 Å². The number of nitrogens with one attached hydrogen (secondary N) is 3. The van der Waals surface area contributed by atoms with Gasteiger partial charge in [0.2, 0.25) is 0 Å². The Morgan fingerprint density at radius 2 is 1.77 bits per heavy atom. The van der Waals surface area contributed by atoms with E-state index in [-0.39, 0.29) is 6.54 Å². The van der Waals surface area contributed by atoms with Crippen molar-refractivity contribution in [1.29, 1.82) is 0 Å². The van der Waals surface area contributed by atoms with Crippen LogP contribution in [0.15, 0.2) is 22.8 Å². The summed E-state index contributed by atoms with van der Waals surface area (Å²) in [5.41, 5.74) is 0. The highest BCUT2D eigenvalue weighted by Gasteiger charge is 2.13. The Balaban J connectivity index is 2.14. The molecule has 0 fully saturated rings. The molecule has 0 atom stereocenters. The Morgan fingerprint density at radius 3 is 2.36 bits per heavy atom. The van der Waals surface area contributed by atoms with Crippen LogP contribution in [0.5, 0.6) is 0 Å². The fourth-order valence-electron chi connectivity index (χ4n) is 2.36. The van der Waals surface area contributed by atoms with E-state index >= 15 is 0 Å². The molecular formula is C16H28N3O3+. The number of furan rings is 1. The van der Waals surface area contributed by atoms with Crippen LogP contribution < -0.4 is 15.5 Å². The van der Waals surface area contributed by atoms with Crippen molar-refractivity contribution in [2.75, 3.05) is 26.2 Å². The molecule has 1 aromatic rings. The molecule has 6 heteroatoms. The van der Waals surface area contributed by atoms with Gasteiger partial charge in [0.15, 0.2) is 0 Å². The van der Waals surface area contributed by atoms with Crippen LogP contribution in [0.4, 0.5) is 0 Å². The van der Waals surface area contributed by atoms with E-state index in [1.165, 1.54) is 6.26 Å². The molecule has 124 valence electrons. The van der Waals surface area contributed by atoms with Crippen molar-refractivity contribution in [1.82, 2.24) is 10.6 Å². The lowest BCUT2D eigenvalue weighted by atomic mass is 10.3. The summed E-state index contributed by atoms with van der Waals surface area (Å²) >= 11 is 0. The first-order valence-corrected chi connectivity index (χ1v) is 8.09. The van der Waals surface area contributed by atoms with Crippen molar-refractivity contribution in [3.05, 3.63) is 24.2 Å². The second kappa shape index (κ2) is 10.8. The van der Waals surface area contributed by atoms with E-state index in [2.05, 4.69) is 24.5 Å². The normalized spacial score (nSPS) is 10.7. The Hall–Kier alpha value is -1.82. The van der Waals surface area contributed by atoms with Gasteiger partial charge in [-0.1, -0.05) is 13.8 Å². The molecule has 0 unspecified atom stereocenters. The number of rotatable bonds is 10. The van der Waals surface area contributed by atoms with Gasteiger partial charge >= 0.3 is 11.8 Å². The molecule has 1 rings (SSSR count). The molecule has 0 aliphatic carbocycles. The van der Waals surface area contributed by atoms with Gasteiger partial charge in [-0.05, 0) is 25.0 Å². The minimum atomic E-state index is -0.622. The summed E-state index contributed by atoms with van der Waals surface area (Å²) in [6.45, 7) is 8.46. The molecule has 0 aromatic carbocycles. The summed E-state index contributed by atoms with van der Waals surface area (Å²) in [6, 6.07) is 3.49. The van der Waals surface area contributed by atoms with Crippen LogP contribution in [0.1, 0.15) is 38.9 Å². The SMILES string of the molecule is CCC[NH+](CCC)CCCNC(=O)C(=O)NCc1ccco1. The van der Waals surface area contributed by atoms with Gasteiger partial charge in [0.25, 0.3) is 0 Å². The molecule has 3 N–H and O–H groups in total. The predicted octanol–water partition coefficient (Wildman–Crippen LogP) is 0.107. The van der Waals surface area contributed by atoms with E-state index in [0.717, 1.165) is 38.9 Å². The van der Waals surface area contributed by atoms with Gasteiger partial charge in [0.05, 0.1) is 32.4 Å². The van der Waals surface area contributed by atoms with Crippen molar-refractivity contribution >= 4 is 11.8 Å². The van der Waals surface area contributed by atoms with Gasteiger partial charge in [0.1, 0.15) is 5.76 Å². The van der Waals surface area contributed by atoms with Crippen LogP contribution in [-0.4, -0.2) is 38.0 Å². The van der Waals surface area contributed by atoms with E-state index in [9.17, 15) is 9.59 Å². The average Bonchev–Trinajstić information content (AvgIpc) is 3.02. The maximum atomic E-state index is 11.6. The van der Waals surface area contributed by atoms with Gasteiger partial charge in [0, 0.05) is 13.0 Å². The lowest BCUT2D eigenvalue weighted by Crippen LogP contribution is -3.12. The van der Waals surface area contributed by atoms with E-state index in [4.69, 9.17) is 4.42 Å². The molecule has 0 saturated heterocycles. The van der Waals surface area contributed by atoms with Crippen molar-refractivity contribution < 1.29 is 18.9 Å². The van der Waals surface area contributed by atoms with Gasteiger partial charge in [-0.15, -0.1) is 0 Å². The third kappa shape index (κ3) is 7.26. The number of amides is 2. The quantitative estimate of drug-likeness (QED) is 0.424. The fraction of sp³-hybridized carbons (Fsp3) is 0.625. The Morgan fingerprint density at radius 1 is 1.09 bits per heavy atom. The molecular weight excluding hydrogens is 282 g/mol. The minimum absolute atomic E-state index is 0.226. The fourth-order valence-corrected chi connectivity index (χ4v) is 2.36. The van der Waals surface area contributed by atoms with Crippen molar-refractivity contribution in [2.24, 2.45) is 0 Å². The van der Waals surface area contributed by atoms with Crippen LogP contribution in [0.25, 0.3) is 0 Å². The lowest BCUT2D eigenvalue weighted by molar-refractivity contribution is -0.900. The van der Waals surface area contributed by atoms with E-state index < -0.39 is 11.8 Å².